The first kappa shape index (κ1) is 25.4. The van der Waals surface area contributed by atoms with Crippen LogP contribution in [0.2, 0.25) is 0 Å². The summed E-state index contributed by atoms with van der Waals surface area (Å²) in [6, 6.07) is 15.3. The monoisotopic (exact) mass is 531 g/mol. The molecule has 2 rings (SSSR count). The van der Waals surface area contributed by atoms with Crippen LogP contribution in [0.4, 0.5) is 0 Å². The summed E-state index contributed by atoms with van der Waals surface area (Å²) in [6.07, 6.45) is 1.99. The van der Waals surface area contributed by atoms with E-state index < -0.39 is 9.84 Å². The number of ether oxygens (including phenoxy) is 1. The molecule has 0 aliphatic rings. The minimum absolute atomic E-state index is 0. The van der Waals surface area contributed by atoms with E-state index in [0.717, 1.165) is 23.5 Å². The summed E-state index contributed by atoms with van der Waals surface area (Å²) in [4.78, 5) is 4.58. The fourth-order valence-corrected chi connectivity index (χ4v) is 3.24. The van der Waals surface area contributed by atoms with E-state index in [1.54, 1.807) is 19.2 Å². The molecule has 0 amide bonds. The molecule has 2 aromatic rings. The maximum atomic E-state index is 11.5. The molecule has 0 heterocycles. The molecule has 0 saturated carbocycles. The van der Waals surface area contributed by atoms with Gasteiger partial charge in [0.15, 0.2) is 15.8 Å². The average Bonchev–Trinajstić information content (AvgIpc) is 2.69. The van der Waals surface area contributed by atoms with E-state index >= 15 is 0 Å². The fraction of sp³-hybridized carbons (Fsp3) is 0.381. The third-order valence-electron chi connectivity index (χ3n) is 4.24. The lowest BCUT2D eigenvalue weighted by Gasteiger charge is -2.12. The van der Waals surface area contributed by atoms with Crippen molar-refractivity contribution in [2.24, 2.45) is 4.99 Å². The number of benzene rings is 2. The molecule has 0 atom stereocenters. The Labute approximate surface area is 191 Å². The highest BCUT2D eigenvalue weighted by molar-refractivity contribution is 14.0. The van der Waals surface area contributed by atoms with Crippen molar-refractivity contribution in [3.05, 3.63) is 65.2 Å². The normalized spacial score (nSPS) is 11.6. The van der Waals surface area contributed by atoms with Crippen molar-refractivity contribution < 1.29 is 13.2 Å². The van der Waals surface area contributed by atoms with Gasteiger partial charge in [-0.05, 0) is 42.2 Å². The van der Waals surface area contributed by atoms with Gasteiger partial charge >= 0.3 is 0 Å². The Balaban J connectivity index is 0.00000420. The molecule has 0 spiro atoms. The smallest absolute Gasteiger partial charge is 0.191 e. The third-order valence-corrected chi connectivity index (χ3v) is 5.37. The molecule has 0 aliphatic carbocycles. The summed E-state index contributed by atoms with van der Waals surface area (Å²) in [5.74, 6) is 0.728. The molecular formula is C21H30IN3O3S. The van der Waals surface area contributed by atoms with Gasteiger partial charge in [0.2, 0.25) is 0 Å². The number of sulfone groups is 1. The topological polar surface area (TPSA) is 79.8 Å². The highest BCUT2D eigenvalue weighted by Crippen LogP contribution is 2.10. The van der Waals surface area contributed by atoms with Crippen molar-refractivity contribution in [1.29, 1.82) is 0 Å². The van der Waals surface area contributed by atoms with Crippen LogP contribution in [0.1, 0.15) is 23.6 Å². The number of guanidine groups is 1. The van der Waals surface area contributed by atoms with Gasteiger partial charge in [-0.25, -0.2) is 8.42 Å². The van der Waals surface area contributed by atoms with Crippen LogP contribution < -0.4 is 10.6 Å². The van der Waals surface area contributed by atoms with Gasteiger partial charge in [-0.2, -0.15) is 0 Å². The van der Waals surface area contributed by atoms with Crippen LogP contribution in [-0.2, 0) is 34.1 Å². The second-order valence-corrected chi connectivity index (χ2v) is 8.49. The van der Waals surface area contributed by atoms with Gasteiger partial charge in [-0.3, -0.25) is 4.99 Å². The van der Waals surface area contributed by atoms with Crippen LogP contribution >= 0.6 is 24.0 Å². The van der Waals surface area contributed by atoms with Crippen LogP contribution in [-0.4, -0.2) is 40.8 Å². The van der Waals surface area contributed by atoms with Crippen molar-refractivity contribution >= 4 is 39.8 Å². The summed E-state index contributed by atoms with van der Waals surface area (Å²) < 4.78 is 28.4. The molecule has 29 heavy (non-hydrogen) atoms. The standard InChI is InChI=1S/C21H29N3O3S.HI/c1-4-27-16-19-7-5-18(6-8-19)15-24-21(22-2)23-14-13-17-9-11-20(12-10-17)28(3,25)26;/h5-12H,4,13-16H2,1-3H3,(H2,22,23,24);1H. The van der Waals surface area contributed by atoms with E-state index in [1.165, 1.54) is 11.8 Å². The quantitative estimate of drug-likeness (QED) is 0.295. The Morgan fingerprint density at radius 3 is 2.10 bits per heavy atom. The average molecular weight is 531 g/mol. The van der Waals surface area contributed by atoms with Gasteiger partial charge in [-0.1, -0.05) is 36.4 Å². The van der Waals surface area contributed by atoms with Crippen molar-refractivity contribution in [2.75, 3.05) is 26.5 Å². The minimum atomic E-state index is -3.15. The summed E-state index contributed by atoms with van der Waals surface area (Å²) in [6.45, 7) is 4.72. The predicted molar refractivity (Wildman–Crippen MR) is 129 cm³/mol. The molecule has 160 valence electrons. The first-order valence-corrected chi connectivity index (χ1v) is 11.2. The van der Waals surface area contributed by atoms with Crippen molar-refractivity contribution in [3.8, 4) is 0 Å². The molecule has 0 saturated heterocycles. The number of rotatable bonds is 9. The van der Waals surface area contributed by atoms with Gasteiger partial charge < -0.3 is 15.4 Å². The van der Waals surface area contributed by atoms with Crippen LogP contribution in [0.15, 0.2) is 58.4 Å². The lowest BCUT2D eigenvalue weighted by atomic mass is 10.1. The second kappa shape index (κ2) is 12.8. The summed E-state index contributed by atoms with van der Waals surface area (Å²) in [5.41, 5.74) is 3.40. The van der Waals surface area contributed by atoms with Gasteiger partial charge in [0.05, 0.1) is 11.5 Å². The molecule has 2 N–H and O–H groups in total. The highest BCUT2D eigenvalue weighted by atomic mass is 127. The number of nitrogens with one attached hydrogen (secondary N) is 2. The van der Waals surface area contributed by atoms with Gasteiger partial charge in [0, 0.05) is 33.0 Å². The fourth-order valence-electron chi connectivity index (χ4n) is 2.61. The Kier molecular flexibility index (Phi) is 11.2. The Hall–Kier alpha value is -1.65. The Morgan fingerprint density at radius 2 is 1.55 bits per heavy atom. The largest absolute Gasteiger partial charge is 0.377 e. The molecular weight excluding hydrogens is 501 g/mol. The zero-order chi connectivity index (χ0) is 20.4. The van der Waals surface area contributed by atoms with Crippen molar-refractivity contribution in [1.82, 2.24) is 10.6 Å². The second-order valence-electron chi connectivity index (χ2n) is 6.47. The van der Waals surface area contributed by atoms with E-state index in [0.29, 0.717) is 31.2 Å². The van der Waals surface area contributed by atoms with E-state index in [9.17, 15) is 8.42 Å². The van der Waals surface area contributed by atoms with E-state index in [2.05, 4.69) is 39.9 Å². The van der Waals surface area contributed by atoms with Crippen molar-refractivity contribution in [3.63, 3.8) is 0 Å². The Morgan fingerprint density at radius 1 is 0.966 bits per heavy atom. The SMILES string of the molecule is CCOCc1ccc(CNC(=NC)NCCc2ccc(S(C)(=O)=O)cc2)cc1.I. The summed E-state index contributed by atoms with van der Waals surface area (Å²) in [5, 5.41) is 6.56. The minimum Gasteiger partial charge on any atom is -0.377 e. The molecule has 2 aromatic carbocycles. The van der Waals surface area contributed by atoms with Crippen LogP contribution in [0.5, 0.6) is 0 Å². The molecule has 8 heteroatoms. The third kappa shape index (κ3) is 9.14. The summed E-state index contributed by atoms with van der Waals surface area (Å²) >= 11 is 0. The molecule has 0 bridgehead atoms. The lowest BCUT2D eigenvalue weighted by Crippen LogP contribution is -2.37. The number of aliphatic imine (C=N–C) groups is 1. The Bertz CT molecular complexity index is 867. The van der Waals surface area contributed by atoms with Gasteiger partial charge in [0.25, 0.3) is 0 Å². The molecule has 0 radical (unpaired) electrons. The first-order valence-electron chi connectivity index (χ1n) is 9.31. The number of nitrogens with zero attached hydrogens (tertiary/aromatic N) is 1. The predicted octanol–water partition coefficient (Wildman–Crippen LogP) is 3.15. The highest BCUT2D eigenvalue weighted by Gasteiger charge is 2.06. The molecule has 0 unspecified atom stereocenters. The van der Waals surface area contributed by atoms with E-state index in [4.69, 9.17) is 4.74 Å². The maximum absolute atomic E-state index is 11.5. The zero-order valence-corrected chi connectivity index (χ0v) is 20.3. The number of halogens is 1. The summed E-state index contributed by atoms with van der Waals surface area (Å²) in [7, 11) is -1.41. The van der Waals surface area contributed by atoms with E-state index in [1.807, 2.05) is 19.1 Å². The molecule has 6 nitrogen and oxygen atoms in total. The van der Waals surface area contributed by atoms with Crippen molar-refractivity contribution in [2.45, 2.75) is 31.4 Å². The zero-order valence-electron chi connectivity index (χ0n) is 17.1. The van der Waals surface area contributed by atoms with Crippen LogP contribution in [0.3, 0.4) is 0 Å². The van der Waals surface area contributed by atoms with Crippen LogP contribution in [0.25, 0.3) is 0 Å². The van der Waals surface area contributed by atoms with Gasteiger partial charge in [0.1, 0.15) is 0 Å². The number of hydrogen-bond acceptors (Lipinski definition) is 4. The maximum Gasteiger partial charge on any atom is 0.191 e. The first-order chi connectivity index (χ1) is 13.4. The van der Waals surface area contributed by atoms with Gasteiger partial charge in [-0.15, -0.1) is 24.0 Å². The van der Waals surface area contributed by atoms with Crippen LogP contribution in [0, 0.1) is 0 Å². The van der Waals surface area contributed by atoms with E-state index in [-0.39, 0.29) is 24.0 Å². The molecule has 0 aliphatic heterocycles. The molecule has 0 aromatic heterocycles. The lowest BCUT2D eigenvalue weighted by molar-refractivity contribution is 0.134. The molecule has 0 fully saturated rings. The number of hydrogen-bond donors (Lipinski definition) is 2.